The van der Waals surface area contributed by atoms with E-state index in [1.54, 1.807) is 19.2 Å². The van der Waals surface area contributed by atoms with Crippen molar-refractivity contribution in [1.29, 1.82) is 0 Å². The summed E-state index contributed by atoms with van der Waals surface area (Å²) in [7, 11) is 1.73. The molecule has 1 aliphatic rings. The molecule has 0 N–H and O–H groups in total. The zero-order chi connectivity index (χ0) is 29.2. The molecule has 0 amide bonds. The van der Waals surface area contributed by atoms with E-state index in [1.165, 1.54) is 7.11 Å². The summed E-state index contributed by atoms with van der Waals surface area (Å²) < 4.78 is 40.3. The van der Waals surface area contributed by atoms with E-state index in [0.29, 0.717) is 48.9 Å². The lowest BCUT2D eigenvalue weighted by atomic mass is 10.0. The maximum atomic E-state index is 13.3. The van der Waals surface area contributed by atoms with Crippen LogP contribution < -0.4 is 9.47 Å². The second-order valence-corrected chi connectivity index (χ2v) is 17.1. The molecule has 3 rings (SSSR count). The molecular formula is C31H44O8Si. The highest BCUT2D eigenvalue weighted by atomic mass is 28.3. The van der Waals surface area contributed by atoms with Gasteiger partial charge >= 0.3 is 5.97 Å². The standard InChI is InChI=1S/C31H44O8Si/c1-31(2)38-26(28(39-31)21-35-20-23-12-9-8-10-13-23)15-11-14-24-18-25(34-4)19-27(37-22-33-3)29(24)30(32)36-16-17-40(5,6)7/h8-14,18-19,26,28H,15-17,20-22H2,1-7H3/t26-,28+/m0/s1. The number of hydrogen-bond donors (Lipinski definition) is 0. The van der Waals surface area contributed by atoms with Crippen molar-refractivity contribution in [2.24, 2.45) is 0 Å². The molecule has 9 heteroatoms. The molecule has 0 aromatic heterocycles. The second kappa shape index (κ2) is 14.8. The van der Waals surface area contributed by atoms with Gasteiger partial charge in [0.25, 0.3) is 0 Å². The van der Waals surface area contributed by atoms with Crippen molar-refractivity contribution in [1.82, 2.24) is 0 Å². The van der Waals surface area contributed by atoms with Gasteiger partial charge in [0, 0.05) is 21.3 Å². The number of esters is 1. The van der Waals surface area contributed by atoms with E-state index in [1.807, 2.05) is 56.3 Å². The molecule has 0 unspecified atom stereocenters. The Kier molecular flexibility index (Phi) is 11.8. The first-order valence-electron chi connectivity index (χ1n) is 13.7. The Morgan fingerprint density at radius 2 is 1.77 bits per heavy atom. The Bertz CT molecular complexity index is 1110. The van der Waals surface area contributed by atoms with Crippen LogP contribution in [0.4, 0.5) is 0 Å². The van der Waals surface area contributed by atoms with Crippen molar-refractivity contribution in [2.75, 3.05) is 34.2 Å². The zero-order valence-corrected chi connectivity index (χ0v) is 25.9. The van der Waals surface area contributed by atoms with Gasteiger partial charge in [-0.25, -0.2) is 4.79 Å². The number of carbonyl (C=O) groups excluding carboxylic acids is 1. The number of methoxy groups -OCH3 is 2. The molecule has 2 aromatic carbocycles. The van der Waals surface area contributed by atoms with E-state index >= 15 is 0 Å². The van der Waals surface area contributed by atoms with Gasteiger partial charge < -0.3 is 33.2 Å². The van der Waals surface area contributed by atoms with Crippen molar-refractivity contribution in [3.05, 3.63) is 65.2 Å². The fourth-order valence-corrected chi connectivity index (χ4v) is 5.00. The van der Waals surface area contributed by atoms with Crippen LogP contribution in [0.5, 0.6) is 11.5 Å². The van der Waals surface area contributed by atoms with Gasteiger partial charge in [-0.3, -0.25) is 0 Å². The summed E-state index contributed by atoms with van der Waals surface area (Å²) in [6.07, 6.45) is 3.93. The van der Waals surface area contributed by atoms with Crippen molar-refractivity contribution < 1.29 is 38.0 Å². The molecule has 0 saturated carbocycles. The molecule has 2 aromatic rings. The third-order valence-electron chi connectivity index (χ3n) is 6.31. The number of benzene rings is 2. The Balaban J connectivity index is 1.76. The van der Waals surface area contributed by atoms with E-state index in [2.05, 4.69) is 19.6 Å². The van der Waals surface area contributed by atoms with Gasteiger partial charge in [0.05, 0.1) is 33.0 Å². The summed E-state index contributed by atoms with van der Waals surface area (Å²) >= 11 is 0. The first kappa shape index (κ1) is 31.8. The average molecular weight is 573 g/mol. The summed E-state index contributed by atoms with van der Waals surface area (Å²) in [6, 6.07) is 14.4. The molecule has 0 radical (unpaired) electrons. The minimum atomic E-state index is -1.37. The van der Waals surface area contributed by atoms with E-state index in [0.717, 1.165) is 11.6 Å². The summed E-state index contributed by atoms with van der Waals surface area (Å²) in [5.41, 5.74) is 2.06. The van der Waals surface area contributed by atoms with Crippen LogP contribution in [0.2, 0.25) is 25.7 Å². The number of rotatable bonds is 15. The normalized spacial score (nSPS) is 18.7. The predicted octanol–water partition coefficient (Wildman–Crippen LogP) is 6.31. The van der Waals surface area contributed by atoms with Crippen LogP contribution in [-0.4, -0.2) is 66.3 Å². The lowest BCUT2D eigenvalue weighted by Crippen LogP contribution is -2.27. The molecule has 1 heterocycles. The van der Waals surface area contributed by atoms with E-state index in [-0.39, 0.29) is 19.0 Å². The smallest absolute Gasteiger partial charge is 0.342 e. The van der Waals surface area contributed by atoms with E-state index in [4.69, 9.17) is 33.2 Å². The van der Waals surface area contributed by atoms with Crippen molar-refractivity contribution in [3.63, 3.8) is 0 Å². The van der Waals surface area contributed by atoms with Gasteiger partial charge in [0.2, 0.25) is 0 Å². The maximum absolute atomic E-state index is 13.3. The number of hydrogen-bond acceptors (Lipinski definition) is 8. The molecule has 220 valence electrons. The van der Waals surface area contributed by atoms with Gasteiger partial charge in [-0.2, -0.15) is 0 Å². The third-order valence-corrected chi connectivity index (χ3v) is 8.01. The predicted molar refractivity (Wildman–Crippen MR) is 158 cm³/mol. The summed E-state index contributed by atoms with van der Waals surface area (Å²) in [5, 5.41) is 0. The van der Waals surface area contributed by atoms with E-state index in [9.17, 15) is 4.79 Å². The topological polar surface area (TPSA) is 81.7 Å². The molecule has 8 nitrogen and oxygen atoms in total. The summed E-state index contributed by atoms with van der Waals surface area (Å²) in [5.74, 6) is -0.270. The fraction of sp³-hybridized carbons (Fsp3) is 0.516. The molecule has 0 spiro atoms. The largest absolute Gasteiger partial charge is 0.497 e. The van der Waals surface area contributed by atoms with Crippen LogP contribution in [0.3, 0.4) is 0 Å². The van der Waals surface area contributed by atoms with Crippen molar-refractivity contribution >= 4 is 20.1 Å². The SMILES string of the molecule is COCOc1cc(OC)cc(C=CC[C@@H]2OC(C)(C)O[C@@H]2COCc2ccccc2)c1C(=O)OCC[Si](C)(C)C. The molecule has 40 heavy (non-hydrogen) atoms. The van der Waals surface area contributed by atoms with Gasteiger partial charge in [-0.15, -0.1) is 0 Å². The molecule has 1 aliphatic heterocycles. The maximum Gasteiger partial charge on any atom is 0.342 e. The lowest BCUT2D eigenvalue weighted by molar-refractivity contribution is -0.151. The minimum absolute atomic E-state index is 0.0154. The second-order valence-electron chi connectivity index (χ2n) is 11.4. The monoisotopic (exact) mass is 572 g/mol. The van der Waals surface area contributed by atoms with Crippen molar-refractivity contribution in [3.8, 4) is 11.5 Å². The van der Waals surface area contributed by atoms with Crippen LogP contribution in [0, 0.1) is 0 Å². The van der Waals surface area contributed by atoms with Crippen LogP contribution >= 0.6 is 0 Å². The zero-order valence-electron chi connectivity index (χ0n) is 24.9. The van der Waals surface area contributed by atoms with Crippen LogP contribution in [0.15, 0.2) is 48.5 Å². The van der Waals surface area contributed by atoms with Gasteiger partial charge in [0.15, 0.2) is 12.6 Å². The molecule has 2 atom stereocenters. The molecule has 1 fully saturated rings. The Morgan fingerprint density at radius 3 is 2.45 bits per heavy atom. The highest BCUT2D eigenvalue weighted by Crippen LogP contribution is 2.33. The molecule has 0 aliphatic carbocycles. The minimum Gasteiger partial charge on any atom is -0.497 e. The van der Waals surface area contributed by atoms with Gasteiger partial charge in [-0.1, -0.05) is 62.1 Å². The van der Waals surface area contributed by atoms with Gasteiger partial charge in [-0.05, 0) is 43.5 Å². The average Bonchev–Trinajstić information content (AvgIpc) is 3.19. The van der Waals surface area contributed by atoms with Gasteiger partial charge in [0.1, 0.15) is 23.2 Å². The first-order chi connectivity index (χ1) is 19.0. The highest BCUT2D eigenvalue weighted by molar-refractivity contribution is 6.76. The Hall–Kier alpha value is -2.69. The highest BCUT2D eigenvalue weighted by Gasteiger charge is 2.40. The van der Waals surface area contributed by atoms with Crippen molar-refractivity contribution in [2.45, 2.75) is 70.6 Å². The summed E-state index contributed by atoms with van der Waals surface area (Å²) in [4.78, 5) is 13.3. The van der Waals surface area contributed by atoms with Crippen LogP contribution in [0.1, 0.15) is 41.8 Å². The number of ether oxygens (including phenoxy) is 7. The third kappa shape index (κ3) is 10.0. The molecular weight excluding hydrogens is 528 g/mol. The number of carbonyl (C=O) groups is 1. The quantitative estimate of drug-likeness (QED) is 0.139. The Labute approximate surface area is 239 Å². The van der Waals surface area contributed by atoms with Crippen LogP contribution in [-0.2, 0) is 30.3 Å². The lowest BCUT2D eigenvalue weighted by Gasteiger charge is -2.18. The first-order valence-corrected chi connectivity index (χ1v) is 17.4. The van der Waals surface area contributed by atoms with Crippen LogP contribution in [0.25, 0.3) is 6.08 Å². The molecule has 1 saturated heterocycles. The fourth-order valence-electron chi connectivity index (χ4n) is 4.28. The summed E-state index contributed by atoms with van der Waals surface area (Å²) in [6.45, 7) is 11.8. The van der Waals surface area contributed by atoms with E-state index < -0.39 is 19.8 Å². The Morgan fingerprint density at radius 1 is 1.05 bits per heavy atom. The molecule has 0 bridgehead atoms.